The topological polar surface area (TPSA) is 58.2 Å². The summed E-state index contributed by atoms with van der Waals surface area (Å²) in [6.45, 7) is 5.80. The molecule has 0 aliphatic carbocycles. The Bertz CT molecular complexity index is 764. The first-order valence-electron chi connectivity index (χ1n) is 7.38. The minimum Gasteiger partial charge on any atom is -0.268 e. The maximum atomic E-state index is 12.1. The van der Waals surface area contributed by atoms with Crippen molar-refractivity contribution < 1.29 is 9.59 Å². The van der Waals surface area contributed by atoms with Crippen LogP contribution < -0.4 is 10.9 Å². The molecule has 4 nitrogen and oxygen atoms in total. The second-order valence-corrected chi connectivity index (χ2v) is 5.45. The Morgan fingerprint density at radius 3 is 2.35 bits per heavy atom. The maximum absolute atomic E-state index is 12.1. The summed E-state index contributed by atoms with van der Waals surface area (Å²) in [5.74, 6) is -0.716. The average molecular weight is 308 g/mol. The van der Waals surface area contributed by atoms with Gasteiger partial charge in [0.25, 0.3) is 11.8 Å². The fraction of sp³-hybridized carbons (Fsp3) is 0.158. The van der Waals surface area contributed by atoms with Gasteiger partial charge in [0.2, 0.25) is 0 Å². The van der Waals surface area contributed by atoms with E-state index >= 15 is 0 Å². The molecule has 0 heterocycles. The van der Waals surface area contributed by atoms with Crippen LogP contribution in [0.3, 0.4) is 0 Å². The highest BCUT2D eigenvalue weighted by atomic mass is 16.2. The first-order chi connectivity index (χ1) is 11.0. The standard InChI is InChI=1S/C19H20N2O2/c1-13-8-10-17(15(3)12-13)19(23)21-20-18(22)11-9-16-7-5-4-6-14(16)2/h4-12H,1-3H3,(H,20,22)(H,21,23)/b11-9+. The number of benzene rings is 2. The van der Waals surface area contributed by atoms with Crippen LogP contribution in [-0.2, 0) is 4.79 Å². The molecule has 118 valence electrons. The highest BCUT2D eigenvalue weighted by Gasteiger charge is 2.09. The number of amides is 2. The summed E-state index contributed by atoms with van der Waals surface area (Å²) in [7, 11) is 0. The van der Waals surface area contributed by atoms with Crippen LogP contribution in [0.25, 0.3) is 6.08 Å². The quantitative estimate of drug-likeness (QED) is 0.676. The molecule has 0 spiro atoms. The van der Waals surface area contributed by atoms with E-state index in [0.717, 1.165) is 22.3 Å². The highest BCUT2D eigenvalue weighted by molar-refractivity contribution is 5.98. The van der Waals surface area contributed by atoms with E-state index in [-0.39, 0.29) is 11.8 Å². The minimum atomic E-state index is -0.383. The maximum Gasteiger partial charge on any atom is 0.269 e. The predicted molar refractivity (Wildman–Crippen MR) is 91.7 cm³/mol. The van der Waals surface area contributed by atoms with E-state index in [1.807, 2.05) is 57.2 Å². The van der Waals surface area contributed by atoms with Crippen molar-refractivity contribution in [3.05, 3.63) is 76.4 Å². The third kappa shape index (κ3) is 4.54. The van der Waals surface area contributed by atoms with Crippen LogP contribution in [0.1, 0.15) is 32.6 Å². The fourth-order valence-electron chi connectivity index (χ4n) is 2.23. The van der Waals surface area contributed by atoms with Gasteiger partial charge in [-0.15, -0.1) is 0 Å². The van der Waals surface area contributed by atoms with Gasteiger partial charge in [-0.3, -0.25) is 20.4 Å². The lowest BCUT2D eigenvalue weighted by Gasteiger charge is -2.08. The van der Waals surface area contributed by atoms with Crippen molar-refractivity contribution in [2.24, 2.45) is 0 Å². The van der Waals surface area contributed by atoms with E-state index in [4.69, 9.17) is 0 Å². The van der Waals surface area contributed by atoms with Gasteiger partial charge in [0.05, 0.1) is 0 Å². The molecule has 0 saturated carbocycles. The van der Waals surface area contributed by atoms with Gasteiger partial charge in [-0.2, -0.15) is 0 Å². The zero-order valence-corrected chi connectivity index (χ0v) is 13.5. The van der Waals surface area contributed by atoms with Crippen LogP contribution in [0.4, 0.5) is 0 Å². The number of aryl methyl sites for hydroxylation is 3. The number of nitrogens with one attached hydrogen (secondary N) is 2. The molecule has 0 atom stereocenters. The van der Waals surface area contributed by atoms with Gasteiger partial charge >= 0.3 is 0 Å². The van der Waals surface area contributed by atoms with E-state index in [1.165, 1.54) is 6.08 Å². The number of carbonyl (C=O) groups is 2. The predicted octanol–water partition coefficient (Wildman–Crippen LogP) is 3.09. The van der Waals surface area contributed by atoms with Crippen LogP contribution in [0, 0.1) is 20.8 Å². The first kappa shape index (κ1) is 16.5. The summed E-state index contributed by atoms with van der Waals surface area (Å²) >= 11 is 0. The van der Waals surface area contributed by atoms with Crippen molar-refractivity contribution in [3.63, 3.8) is 0 Å². The molecule has 0 saturated heterocycles. The number of hydrogen-bond donors (Lipinski definition) is 2. The molecule has 2 aromatic carbocycles. The van der Waals surface area contributed by atoms with Crippen molar-refractivity contribution in [2.45, 2.75) is 20.8 Å². The van der Waals surface area contributed by atoms with Gasteiger partial charge in [-0.05, 0) is 49.6 Å². The summed E-state index contributed by atoms with van der Waals surface area (Å²) in [6.07, 6.45) is 3.11. The molecule has 0 unspecified atom stereocenters. The van der Waals surface area contributed by atoms with E-state index in [0.29, 0.717) is 5.56 Å². The lowest BCUT2D eigenvalue weighted by atomic mass is 10.1. The van der Waals surface area contributed by atoms with Crippen LogP contribution in [0.15, 0.2) is 48.5 Å². The average Bonchev–Trinajstić information content (AvgIpc) is 2.52. The summed E-state index contributed by atoms with van der Waals surface area (Å²) in [5.41, 5.74) is 9.34. The monoisotopic (exact) mass is 308 g/mol. The van der Waals surface area contributed by atoms with E-state index in [9.17, 15) is 9.59 Å². The van der Waals surface area contributed by atoms with Gasteiger partial charge in [-0.25, -0.2) is 0 Å². The van der Waals surface area contributed by atoms with Gasteiger partial charge in [0.1, 0.15) is 0 Å². The Labute approximate surface area is 136 Å². The third-order valence-corrected chi connectivity index (χ3v) is 3.53. The van der Waals surface area contributed by atoms with Gasteiger partial charge in [-0.1, -0.05) is 42.0 Å². The molecule has 2 aromatic rings. The smallest absolute Gasteiger partial charge is 0.268 e. The molecule has 0 radical (unpaired) electrons. The molecule has 2 N–H and O–H groups in total. The number of rotatable bonds is 3. The summed E-state index contributed by atoms with van der Waals surface area (Å²) in [6, 6.07) is 13.3. The van der Waals surface area contributed by atoms with Crippen LogP contribution in [0.5, 0.6) is 0 Å². The molecular weight excluding hydrogens is 288 g/mol. The zero-order valence-electron chi connectivity index (χ0n) is 13.5. The van der Waals surface area contributed by atoms with Crippen molar-refractivity contribution in [2.75, 3.05) is 0 Å². The molecule has 4 heteroatoms. The molecule has 23 heavy (non-hydrogen) atoms. The molecule has 2 amide bonds. The van der Waals surface area contributed by atoms with Crippen molar-refractivity contribution >= 4 is 17.9 Å². The Hall–Kier alpha value is -2.88. The Balaban J connectivity index is 1.94. The van der Waals surface area contributed by atoms with Gasteiger partial charge in [0.15, 0.2) is 0 Å². The molecule has 0 aromatic heterocycles. The largest absolute Gasteiger partial charge is 0.269 e. The Morgan fingerprint density at radius 1 is 0.913 bits per heavy atom. The van der Waals surface area contributed by atoms with Gasteiger partial charge in [0, 0.05) is 11.6 Å². The summed E-state index contributed by atoms with van der Waals surface area (Å²) in [5, 5.41) is 0. The normalized spacial score (nSPS) is 10.6. The highest BCUT2D eigenvalue weighted by Crippen LogP contribution is 2.10. The van der Waals surface area contributed by atoms with E-state index in [2.05, 4.69) is 10.9 Å². The SMILES string of the molecule is Cc1ccc(C(=O)NNC(=O)/C=C/c2ccccc2C)c(C)c1. The minimum absolute atomic E-state index is 0.333. The molecule has 2 rings (SSSR count). The van der Waals surface area contributed by atoms with Crippen molar-refractivity contribution in [3.8, 4) is 0 Å². The second kappa shape index (κ2) is 7.40. The molecule has 0 bridgehead atoms. The van der Waals surface area contributed by atoms with Crippen molar-refractivity contribution in [1.82, 2.24) is 10.9 Å². The Kier molecular flexibility index (Phi) is 5.31. The lowest BCUT2D eigenvalue weighted by molar-refractivity contribution is -0.117. The molecule has 0 fully saturated rings. The third-order valence-electron chi connectivity index (χ3n) is 3.53. The van der Waals surface area contributed by atoms with Crippen LogP contribution in [-0.4, -0.2) is 11.8 Å². The van der Waals surface area contributed by atoms with Crippen LogP contribution in [0.2, 0.25) is 0 Å². The summed E-state index contributed by atoms with van der Waals surface area (Å²) in [4.78, 5) is 23.8. The zero-order chi connectivity index (χ0) is 16.8. The summed E-state index contributed by atoms with van der Waals surface area (Å²) < 4.78 is 0. The van der Waals surface area contributed by atoms with Crippen LogP contribution >= 0.6 is 0 Å². The van der Waals surface area contributed by atoms with E-state index in [1.54, 1.807) is 12.1 Å². The molecule has 0 aliphatic rings. The first-order valence-corrected chi connectivity index (χ1v) is 7.38. The van der Waals surface area contributed by atoms with E-state index < -0.39 is 0 Å². The molecular formula is C19H20N2O2. The van der Waals surface area contributed by atoms with Gasteiger partial charge < -0.3 is 0 Å². The molecule has 0 aliphatic heterocycles. The second-order valence-electron chi connectivity index (χ2n) is 5.45. The Morgan fingerprint density at radius 2 is 1.65 bits per heavy atom. The fourth-order valence-corrected chi connectivity index (χ4v) is 2.23. The number of hydrazine groups is 1. The lowest BCUT2D eigenvalue weighted by Crippen LogP contribution is -2.41. The number of carbonyl (C=O) groups excluding carboxylic acids is 2. The van der Waals surface area contributed by atoms with Crippen molar-refractivity contribution in [1.29, 1.82) is 0 Å². The number of hydrogen-bond acceptors (Lipinski definition) is 2.